The van der Waals surface area contributed by atoms with Gasteiger partial charge in [-0.15, -0.1) is 0 Å². The van der Waals surface area contributed by atoms with Gasteiger partial charge in [-0.3, -0.25) is 4.79 Å². The van der Waals surface area contributed by atoms with Gasteiger partial charge in [0, 0.05) is 20.2 Å². The SMILES string of the molecule is CCS(=O)(=O)c1ccc(N=C(C(C#N)C(=O)OC)N2CCC(C(OC)(c3ccccc3)c3ccccc3)CC2)cc1. The third-order valence-electron chi connectivity index (χ3n) is 7.76. The molecule has 0 bridgehead atoms. The van der Waals surface area contributed by atoms with Crippen LogP contribution in [0.1, 0.15) is 30.9 Å². The third-order valence-corrected chi connectivity index (χ3v) is 9.52. The van der Waals surface area contributed by atoms with Crippen molar-refractivity contribution in [1.29, 1.82) is 5.26 Å². The van der Waals surface area contributed by atoms with Gasteiger partial charge >= 0.3 is 5.97 Å². The van der Waals surface area contributed by atoms with Gasteiger partial charge in [0.15, 0.2) is 9.84 Å². The summed E-state index contributed by atoms with van der Waals surface area (Å²) in [7, 11) is -0.384. The average molecular weight is 574 g/mol. The molecule has 1 saturated heterocycles. The Kier molecular flexibility index (Phi) is 9.58. The van der Waals surface area contributed by atoms with E-state index in [9.17, 15) is 18.5 Å². The number of hydrogen-bond acceptors (Lipinski definition) is 7. The highest BCUT2D eigenvalue weighted by Crippen LogP contribution is 2.45. The van der Waals surface area contributed by atoms with Crippen LogP contribution in [0.4, 0.5) is 5.69 Å². The number of nitriles is 1. The lowest BCUT2D eigenvalue weighted by Gasteiger charge is -2.45. The molecule has 0 aliphatic carbocycles. The number of esters is 1. The number of carbonyl (C=O) groups excluding carboxylic acids is 1. The van der Waals surface area contributed by atoms with Crippen molar-refractivity contribution in [3.8, 4) is 6.07 Å². The molecule has 9 heteroatoms. The van der Waals surface area contributed by atoms with E-state index in [4.69, 9.17) is 9.47 Å². The van der Waals surface area contributed by atoms with Gasteiger partial charge in [0.25, 0.3) is 0 Å². The molecule has 0 spiro atoms. The summed E-state index contributed by atoms with van der Waals surface area (Å²) in [6.07, 6.45) is 1.42. The molecule has 3 aromatic carbocycles. The molecular weight excluding hydrogens is 538 g/mol. The monoisotopic (exact) mass is 573 g/mol. The largest absolute Gasteiger partial charge is 0.468 e. The van der Waals surface area contributed by atoms with Crippen molar-refractivity contribution in [2.75, 3.05) is 33.1 Å². The zero-order chi connectivity index (χ0) is 29.5. The van der Waals surface area contributed by atoms with Gasteiger partial charge in [-0.25, -0.2) is 13.4 Å². The summed E-state index contributed by atoms with van der Waals surface area (Å²) in [6, 6.07) is 28.6. The van der Waals surface area contributed by atoms with Crippen molar-refractivity contribution >= 4 is 27.3 Å². The molecule has 4 rings (SSSR count). The molecule has 0 aromatic heterocycles. The number of carbonyl (C=O) groups is 1. The summed E-state index contributed by atoms with van der Waals surface area (Å²) in [5, 5.41) is 9.95. The molecule has 1 aliphatic rings. The standard InChI is InChI=1S/C32H35N3O5S/c1-4-41(37,38)28-17-15-27(16-18-28)34-30(29(23-33)31(36)39-2)35-21-19-26(20-22-35)32(40-3,24-11-7-5-8-12-24)25-13-9-6-10-14-25/h5-18,26,29H,4,19-22H2,1-3H3. The summed E-state index contributed by atoms with van der Waals surface area (Å²) >= 11 is 0. The molecule has 214 valence electrons. The second kappa shape index (κ2) is 13.1. The van der Waals surface area contributed by atoms with Gasteiger partial charge in [-0.05, 0) is 54.2 Å². The Hall–Kier alpha value is -4.00. The van der Waals surface area contributed by atoms with Crippen LogP contribution in [0.15, 0.2) is 94.8 Å². The number of benzene rings is 3. The normalized spacial score (nSPS) is 15.7. The van der Waals surface area contributed by atoms with Crippen LogP contribution in [0.3, 0.4) is 0 Å². The minimum atomic E-state index is -3.37. The number of rotatable bonds is 9. The highest BCUT2D eigenvalue weighted by atomic mass is 32.2. The van der Waals surface area contributed by atoms with E-state index in [1.54, 1.807) is 26.2 Å². The van der Waals surface area contributed by atoms with Crippen LogP contribution in [-0.4, -0.2) is 58.2 Å². The van der Waals surface area contributed by atoms with Gasteiger partial charge in [-0.1, -0.05) is 67.6 Å². The summed E-state index contributed by atoms with van der Waals surface area (Å²) in [5.41, 5.74) is 1.89. The molecule has 1 heterocycles. The number of likely N-dealkylation sites (tertiary alicyclic amines) is 1. The Labute approximate surface area is 242 Å². The molecule has 1 fully saturated rings. The first-order chi connectivity index (χ1) is 19.8. The highest BCUT2D eigenvalue weighted by Gasteiger charge is 2.44. The lowest BCUT2D eigenvalue weighted by molar-refractivity contribution is -0.141. The van der Waals surface area contributed by atoms with Gasteiger partial charge in [0.05, 0.1) is 29.5 Å². The van der Waals surface area contributed by atoms with Crippen LogP contribution in [0.2, 0.25) is 0 Å². The fraction of sp³-hybridized carbons (Fsp3) is 0.344. The molecule has 8 nitrogen and oxygen atoms in total. The van der Waals surface area contributed by atoms with Crippen LogP contribution >= 0.6 is 0 Å². The van der Waals surface area contributed by atoms with Crippen LogP contribution < -0.4 is 0 Å². The lowest BCUT2D eigenvalue weighted by Crippen LogP contribution is -2.49. The van der Waals surface area contributed by atoms with Crippen molar-refractivity contribution < 1.29 is 22.7 Å². The number of piperidine rings is 1. The summed E-state index contributed by atoms with van der Waals surface area (Å²) < 4.78 is 35.8. The molecule has 1 aliphatic heterocycles. The van der Waals surface area contributed by atoms with E-state index >= 15 is 0 Å². The van der Waals surface area contributed by atoms with E-state index in [2.05, 4.69) is 35.3 Å². The first-order valence-electron chi connectivity index (χ1n) is 13.6. The van der Waals surface area contributed by atoms with E-state index < -0.39 is 27.3 Å². The first kappa shape index (κ1) is 30.0. The Bertz CT molecular complexity index is 1450. The Morgan fingerprint density at radius 3 is 1.95 bits per heavy atom. The number of aliphatic imine (C=N–C) groups is 1. The molecule has 0 amide bonds. The number of amidine groups is 1. The minimum absolute atomic E-state index is 0.0103. The zero-order valence-electron chi connectivity index (χ0n) is 23.6. The van der Waals surface area contributed by atoms with Gasteiger partial charge < -0.3 is 14.4 Å². The van der Waals surface area contributed by atoms with Crippen LogP contribution in [0.25, 0.3) is 0 Å². The maximum Gasteiger partial charge on any atom is 0.330 e. The first-order valence-corrected chi connectivity index (χ1v) is 15.3. The van der Waals surface area contributed by atoms with Crippen molar-refractivity contribution in [2.24, 2.45) is 16.8 Å². The number of nitrogens with zero attached hydrogens (tertiary/aromatic N) is 3. The lowest BCUT2D eigenvalue weighted by atomic mass is 9.71. The molecule has 3 aromatic rings. The van der Waals surface area contributed by atoms with Crippen molar-refractivity contribution in [1.82, 2.24) is 4.90 Å². The minimum Gasteiger partial charge on any atom is -0.468 e. The predicted octanol–water partition coefficient (Wildman–Crippen LogP) is 5.13. The van der Waals surface area contributed by atoms with E-state index in [0.717, 1.165) is 11.1 Å². The Morgan fingerprint density at radius 1 is 0.976 bits per heavy atom. The van der Waals surface area contributed by atoms with Crippen molar-refractivity contribution in [2.45, 2.75) is 30.3 Å². The van der Waals surface area contributed by atoms with Crippen LogP contribution in [0, 0.1) is 23.2 Å². The van der Waals surface area contributed by atoms with E-state index in [-0.39, 0.29) is 22.4 Å². The summed E-state index contributed by atoms with van der Waals surface area (Å²) in [5.74, 6) is -1.55. The fourth-order valence-electron chi connectivity index (χ4n) is 5.61. The number of ether oxygens (including phenoxy) is 2. The molecule has 41 heavy (non-hydrogen) atoms. The number of methoxy groups -OCH3 is 2. The van der Waals surface area contributed by atoms with E-state index in [1.807, 2.05) is 41.3 Å². The Morgan fingerprint density at radius 2 is 1.51 bits per heavy atom. The quantitative estimate of drug-likeness (QED) is 0.198. The summed E-state index contributed by atoms with van der Waals surface area (Å²) in [6.45, 7) is 2.66. The van der Waals surface area contributed by atoms with Crippen molar-refractivity contribution in [3.05, 3.63) is 96.1 Å². The second-order valence-corrected chi connectivity index (χ2v) is 12.2. The van der Waals surface area contributed by atoms with Gasteiger partial charge in [-0.2, -0.15) is 5.26 Å². The highest BCUT2D eigenvalue weighted by molar-refractivity contribution is 7.91. The van der Waals surface area contributed by atoms with Gasteiger partial charge in [0.1, 0.15) is 11.4 Å². The van der Waals surface area contributed by atoms with E-state index in [1.165, 1.54) is 19.2 Å². The average Bonchev–Trinajstić information content (AvgIpc) is 3.03. The maximum absolute atomic E-state index is 12.6. The summed E-state index contributed by atoms with van der Waals surface area (Å²) in [4.78, 5) is 19.5. The topological polar surface area (TPSA) is 109 Å². The van der Waals surface area contributed by atoms with E-state index in [0.29, 0.717) is 31.6 Å². The van der Waals surface area contributed by atoms with Crippen LogP contribution in [0.5, 0.6) is 0 Å². The number of sulfone groups is 1. The van der Waals surface area contributed by atoms with Gasteiger partial charge in [0.2, 0.25) is 5.92 Å². The molecular formula is C32H35N3O5S. The van der Waals surface area contributed by atoms with Crippen molar-refractivity contribution in [3.63, 3.8) is 0 Å². The molecule has 0 radical (unpaired) electrons. The third kappa shape index (κ3) is 6.19. The zero-order valence-corrected chi connectivity index (χ0v) is 24.4. The second-order valence-electron chi connectivity index (χ2n) is 9.89. The fourth-order valence-corrected chi connectivity index (χ4v) is 6.49. The molecule has 0 N–H and O–H groups in total. The maximum atomic E-state index is 12.6. The molecule has 0 saturated carbocycles. The molecule has 1 unspecified atom stereocenters. The Balaban J connectivity index is 1.68. The predicted molar refractivity (Wildman–Crippen MR) is 157 cm³/mol. The molecule has 1 atom stereocenters. The number of hydrogen-bond donors (Lipinski definition) is 0. The van der Waals surface area contributed by atoms with Crippen LogP contribution in [-0.2, 0) is 29.7 Å². The smallest absolute Gasteiger partial charge is 0.330 e.